The summed E-state index contributed by atoms with van der Waals surface area (Å²) in [5.41, 5.74) is 1.24. The maximum atomic E-state index is 11.1. The molecule has 0 aliphatic rings. The summed E-state index contributed by atoms with van der Waals surface area (Å²) < 4.78 is 7.18. The number of pyridine rings is 1. The third-order valence-corrected chi connectivity index (χ3v) is 3.84. The number of imidazole rings is 1. The van der Waals surface area contributed by atoms with Crippen LogP contribution in [0.1, 0.15) is 61.7 Å². The number of aryl methyl sites for hydroxylation is 1. The first-order chi connectivity index (χ1) is 11.9. The van der Waals surface area contributed by atoms with Gasteiger partial charge in [0.05, 0.1) is 5.56 Å². The first kappa shape index (κ1) is 16.9. The number of hydrogen-bond donors (Lipinski definition) is 2. The molecule has 0 aromatic carbocycles. The zero-order valence-electron chi connectivity index (χ0n) is 14.5. The molecule has 0 spiro atoms. The number of nitrogens with zero attached hydrogens (tertiary/aromatic N) is 5. The Balaban J connectivity index is 1.92. The highest BCUT2D eigenvalue weighted by Crippen LogP contribution is 2.23. The molecule has 0 fully saturated rings. The van der Waals surface area contributed by atoms with Gasteiger partial charge in [0.2, 0.25) is 11.8 Å². The van der Waals surface area contributed by atoms with Crippen LogP contribution in [0.3, 0.4) is 0 Å². The highest BCUT2D eigenvalue weighted by Gasteiger charge is 2.19. The molecule has 3 aromatic rings. The van der Waals surface area contributed by atoms with Crippen LogP contribution in [0, 0.1) is 0 Å². The Labute approximate surface area is 144 Å². The standard InChI is InChI=1S/C16H20N6O3/c1-5-22-13-11(6-10(7-17-13)15(23)24)19-16(22)18-9(4)14-20-12(8(2)3)21-25-14/h6-9H,5H2,1-4H3,(H,18,19)(H,23,24). The van der Waals surface area contributed by atoms with E-state index in [1.54, 1.807) is 0 Å². The summed E-state index contributed by atoms with van der Waals surface area (Å²) in [5, 5.41) is 16.3. The highest BCUT2D eigenvalue weighted by molar-refractivity contribution is 5.91. The maximum Gasteiger partial charge on any atom is 0.337 e. The summed E-state index contributed by atoms with van der Waals surface area (Å²) in [6.45, 7) is 8.48. The Morgan fingerprint density at radius 3 is 2.72 bits per heavy atom. The highest BCUT2D eigenvalue weighted by atomic mass is 16.5. The summed E-state index contributed by atoms with van der Waals surface area (Å²) in [5.74, 6) is 0.848. The van der Waals surface area contributed by atoms with Crippen molar-refractivity contribution in [3.63, 3.8) is 0 Å². The Kier molecular flexibility index (Phi) is 4.39. The second-order valence-corrected chi connectivity index (χ2v) is 6.06. The van der Waals surface area contributed by atoms with Crippen molar-refractivity contribution in [1.82, 2.24) is 24.7 Å². The Morgan fingerprint density at radius 1 is 1.36 bits per heavy atom. The number of anilines is 1. The molecule has 9 nitrogen and oxygen atoms in total. The monoisotopic (exact) mass is 344 g/mol. The van der Waals surface area contributed by atoms with Crippen LogP contribution in [0.15, 0.2) is 16.8 Å². The van der Waals surface area contributed by atoms with Crippen LogP contribution in [0.4, 0.5) is 5.95 Å². The van der Waals surface area contributed by atoms with Crippen molar-refractivity contribution < 1.29 is 14.4 Å². The van der Waals surface area contributed by atoms with Crippen molar-refractivity contribution in [2.24, 2.45) is 0 Å². The molecule has 0 amide bonds. The fourth-order valence-electron chi connectivity index (χ4n) is 2.45. The molecule has 0 radical (unpaired) electrons. The van der Waals surface area contributed by atoms with Gasteiger partial charge in [-0.05, 0) is 19.9 Å². The van der Waals surface area contributed by atoms with Crippen LogP contribution in [-0.2, 0) is 6.54 Å². The Bertz CT molecular complexity index is 914. The van der Waals surface area contributed by atoms with Crippen LogP contribution in [-0.4, -0.2) is 35.8 Å². The molecule has 0 saturated heterocycles. The molecular weight excluding hydrogens is 324 g/mol. The van der Waals surface area contributed by atoms with E-state index in [0.717, 1.165) is 0 Å². The topological polar surface area (TPSA) is 119 Å². The van der Waals surface area contributed by atoms with E-state index in [0.29, 0.717) is 35.4 Å². The number of hydrogen-bond acceptors (Lipinski definition) is 7. The fraction of sp³-hybridized carbons (Fsp3) is 0.438. The van der Waals surface area contributed by atoms with Gasteiger partial charge in [-0.1, -0.05) is 19.0 Å². The second kappa shape index (κ2) is 6.50. The molecular formula is C16H20N6O3. The van der Waals surface area contributed by atoms with Gasteiger partial charge in [-0.2, -0.15) is 4.98 Å². The summed E-state index contributed by atoms with van der Waals surface area (Å²) in [7, 11) is 0. The van der Waals surface area contributed by atoms with Crippen molar-refractivity contribution in [2.75, 3.05) is 5.32 Å². The number of aromatic nitrogens is 5. The lowest BCUT2D eigenvalue weighted by molar-refractivity contribution is 0.0696. The minimum absolute atomic E-state index is 0.103. The molecule has 1 atom stereocenters. The molecule has 0 saturated carbocycles. The molecule has 3 rings (SSSR count). The van der Waals surface area contributed by atoms with Crippen LogP contribution in [0.5, 0.6) is 0 Å². The van der Waals surface area contributed by atoms with Crippen LogP contribution < -0.4 is 5.32 Å². The van der Waals surface area contributed by atoms with E-state index in [4.69, 9.17) is 9.63 Å². The molecule has 2 N–H and O–H groups in total. The minimum atomic E-state index is -1.03. The van der Waals surface area contributed by atoms with Crippen molar-refractivity contribution in [2.45, 2.75) is 46.2 Å². The predicted molar refractivity (Wildman–Crippen MR) is 90.6 cm³/mol. The van der Waals surface area contributed by atoms with Crippen LogP contribution in [0.25, 0.3) is 11.2 Å². The molecule has 0 bridgehead atoms. The number of nitrogens with one attached hydrogen (secondary N) is 1. The summed E-state index contributed by atoms with van der Waals surface area (Å²) in [6, 6.07) is 1.26. The summed E-state index contributed by atoms with van der Waals surface area (Å²) >= 11 is 0. The van der Waals surface area contributed by atoms with Gasteiger partial charge in [0, 0.05) is 18.7 Å². The number of carbonyl (C=O) groups is 1. The molecule has 9 heteroatoms. The molecule has 25 heavy (non-hydrogen) atoms. The van der Waals surface area contributed by atoms with Crippen molar-refractivity contribution in [3.05, 3.63) is 29.5 Å². The van der Waals surface area contributed by atoms with Crippen molar-refractivity contribution in [3.8, 4) is 0 Å². The van der Waals surface area contributed by atoms with Crippen molar-refractivity contribution in [1.29, 1.82) is 0 Å². The van der Waals surface area contributed by atoms with Crippen LogP contribution in [0.2, 0.25) is 0 Å². The van der Waals surface area contributed by atoms with Gasteiger partial charge >= 0.3 is 5.97 Å². The van der Waals surface area contributed by atoms with Gasteiger partial charge < -0.3 is 14.9 Å². The number of rotatable bonds is 6. The molecule has 3 heterocycles. The first-order valence-corrected chi connectivity index (χ1v) is 8.10. The first-order valence-electron chi connectivity index (χ1n) is 8.10. The third kappa shape index (κ3) is 3.17. The zero-order valence-corrected chi connectivity index (χ0v) is 14.5. The summed E-state index contributed by atoms with van der Waals surface area (Å²) in [6.07, 6.45) is 1.33. The number of carboxylic acids is 1. The maximum absolute atomic E-state index is 11.1. The molecule has 1 unspecified atom stereocenters. The average Bonchev–Trinajstić information content (AvgIpc) is 3.18. The Hall–Kier alpha value is -2.97. The lowest BCUT2D eigenvalue weighted by atomic mass is 10.2. The number of aromatic carboxylic acids is 1. The van der Waals surface area contributed by atoms with Gasteiger partial charge in [-0.25, -0.2) is 14.8 Å². The van der Waals surface area contributed by atoms with E-state index >= 15 is 0 Å². The quantitative estimate of drug-likeness (QED) is 0.700. The number of carboxylic acid groups (broad SMARTS) is 1. The van der Waals surface area contributed by atoms with Crippen molar-refractivity contribution >= 4 is 23.1 Å². The van der Waals surface area contributed by atoms with E-state index in [-0.39, 0.29) is 17.5 Å². The molecule has 0 aliphatic carbocycles. The van der Waals surface area contributed by atoms with E-state index in [2.05, 4.69) is 25.4 Å². The van der Waals surface area contributed by atoms with Crippen LogP contribution >= 0.6 is 0 Å². The predicted octanol–water partition coefficient (Wildman–Crippen LogP) is 2.83. The molecule has 3 aromatic heterocycles. The lowest BCUT2D eigenvalue weighted by Crippen LogP contribution is -2.12. The summed E-state index contributed by atoms with van der Waals surface area (Å²) in [4.78, 5) is 24.2. The van der Waals surface area contributed by atoms with Gasteiger partial charge in [0.25, 0.3) is 0 Å². The van der Waals surface area contributed by atoms with Gasteiger partial charge in [-0.15, -0.1) is 0 Å². The lowest BCUT2D eigenvalue weighted by Gasteiger charge is -2.11. The largest absolute Gasteiger partial charge is 0.478 e. The van der Waals surface area contributed by atoms with E-state index in [1.165, 1.54) is 12.3 Å². The second-order valence-electron chi connectivity index (χ2n) is 6.06. The van der Waals surface area contributed by atoms with E-state index < -0.39 is 5.97 Å². The SMILES string of the molecule is CCn1c(NC(C)c2nc(C(C)C)no2)nc2cc(C(=O)O)cnc21. The number of fused-ring (bicyclic) bond motifs is 1. The molecule has 0 aliphatic heterocycles. The van der Waals surface area contributed by atoms with Gasteiger partial charge in [0.1, 0.15) is 11.6 Å². The molecule has 132 valence electrons. The van der Waals surface area contributed by atoms with E-state index in [1.807, 2.05) is 32.3 Å². The Morgan fingerprint density at radius 2 is 2.12 bits per heavy atom. The average molecular weight is 344 g/mol. The van der Waals surface area contributed by atoms with Gasteiger partial charge in [-0.3, -0.25) is 4.57 Å². The normalized spacial score (nSPS) is 12.7. The third-order valence-electron chi connectivity index (χ3n) is 3.84. The smallest absolute Gasteiger partial charge is 0.337 e. The van der Waals surface area contributed by atoms with E-state index in [9.17, 15) is 4.79 Å². The fourth-order valence-corrected chi connectivity index (χ4v) is 2.45. The minimum Gasteiger partial charge on any atom is -0.478 e. The zero-order chi connectivity index (χ0) is 18.1. The van der Waals surface area contributed by atoms with Gasteiger partial charge in [0.15, 0.2) is 11.5 Å².